The Morgan fingerprint density at radius 3 is 1.31 bits per heavy atom. The molecule has 7 heteroatoms. The van der Waals surface area contributed by atoms with Crippen molar-refractivity contribution in [3.8, 4) is 0 Å². The van der Waals surface area contributed by atoms with E-state index in [-0.39, 0.29) is 6.61 Å². The second-order valence-corrected chi connectivity index (χ2v) is 12.0. The van der Waals surface area contributed by atoms with Gasteiger partial charge in [-0.05, 0) is 19.5 Å². The van der Waals surface area contributed by atoms with Crippen molar-refractivity contribution in [3.63, 3.8) is 0 Å². The van der Waals surface area contributed by atoms with Crippen LogP contribution >= 0.6 is 0 Å². The Labute approximate surface area is 173 Å². The van der Waals surface area contributed by atoms with Crippen LogP contribution in [0.2, 0.25) is 13.1 Å². The van der Waals surface area contributed by atoms with E-state index in [1.54, 1.807) is 0 Å². The molecule has 0 aliphatic rings. The standard InChI is InChI=1S/C22H35F5OSi/c1-4-5-6-7-8-9-10-11-12-13-14-15-16-28-29(2,3)22-20(26)18(24)17(23)19(25)21(22)27/h4-16H2,1-3H3. The molecule has 0 aliphatic carbocycles. The van der Waals surface area contributed by atoms with Crippen molar-refractivity contribution < 1.29 is 26.4 Å². The molecule has 0 heterocycles. The van der Waals surface area contributed by atoms with Crippen LogP contribution in [-0.2, 0) is 4.43 Å². The summed E-state index contributed by atoms with van der Waals surface area (Å²) in [4.78, 5) is 0. The number of hydrogen-bond acceptors (Lipinski definition) is 1. The number of benzene rings is 1. The first-order valence-electron chi connectivity index (χ1n) is 10.9. The lowest BCUT2D eigenvalue weighted by Gasteiger charge is -2.24. The zero-order valence-electron chi connectivity index (χ0n) is 18.0. The van der Waals surface area contributed by atoms with Gasteiger partial charge in [0.2, 0.25) is 14.1 Å². The lowest BCUT2D eigenvalue weighted by Crippen LogP contribution is -2.50. The Balaban J connectivity index is 2.27. The quantitative estimate of drug-likeness (QED) is 0.0905. The zero-order valence-corrected chi connectivity index (χ0v) is 19.0. The second-order valence-electron chi connectivity index (χ2n) is 8.19. The van der Waals surface area contributed by atoms with Crippen molar-refractivity contribution in [1.82, 2.24) is 0 Å². The molecule has 1 nitrogen and oxygen atoms in total. The van der Waals surface area contributed by atoms with E-state index in [2.05, 4.69) is 6.92 Å². The number of hydrogen-bond donors (Lipinski definition) is 0. The summed E-state index contributed by atoms with van der Waals surface area (Å²) in [7, 11) is -3.25. The van der Waals surface area contributed by atoms with Crippen molar-refractivity contribution in [1.29, 1.82) is 0 Å². The highest BCUT2D eigenvalue weighted by atomic mass is 28.4. The van der Waals surface area contributed by atoms with E-state index in [9.17, 15) is 22.0 Å². The van der Waals surface area contributed by atoms with E-state index < -0.39 is 42.6 Å². The fraction of sp³-hybridized carbons (Fsp3) is 0.727. The van der Waals surface area contributed by atoms with Crippen LogP contribution in [0.1, 0.15) is 84.0 Å². The highest BCUT2D eigenvalue weighted by Gasteiger charge is 2.37. The van der Waals surface area contributed by atoms with E-state index in [0.717, 1.165) is 19.3 Å². The third-order valence-electron chi connectivity index (χ3n) is 5.27. The maximum absolute atomic E-state index is 14.0. The topological polar surface area (TPSA) is 9.23 Å². The van der Waals surface area contributed by atoms with Gasteiger partial charge in [0.1, 0.15) is 0 Å². The molecular formula is C22H35F5OSi. The molecule has 1 rings (SSSR count). The first-order chi connectivity index (χ1) is 13.7. The third-order valence-corrected chi connectivity index (χ3v) is 7.84. The fourth-order valence-electron chi connectivity index (χ4n) is 3.48. The van der Waals surface area contributed by atoms with Crippen molar-refractivity contribution in [2.75, 3.05) is 6.61 Å². The molecule has 1 aromatic carbocycles. The summed E-state index contributed by atoms with van der Waals surface area (Å²) < 4.78 is 73.7. The van der Waals surface area contributed by atoms with Gasteiger partial charge in [0, 0.05) is 11.8 Å². The monoisotopic (exact) mass is 438 g/mol. The molecule has 0 atom stereocenters. The SMILES string of the molecule is CCCCCCCCCCCCCCO[Si](C)(C)c1c(F)c(F)c(F)c(F)c1F. The molecule has 0 unspecified atom stereocenters. The van der Waals surface area contributed by atoms with E-state index in [1.807, 2.05) is 0 Å². The van der Waals surface area contributed by atoms with Gasteiger partial charge in [0.15, 0.2) is 23.3 Å². The van der Waals surface area contributed by atoms with Crippen LogP contribution in [0.4, 0.5) is 22.0 Å². The van der Waals surface area contributed by atoms with Crippen molar-refractivity contribution in [2.24, 2.45) is 0 Å². The van der Waals surface area contributed by atoms with Crippen LogP contribution in [0.25, 0.3) is 0 Å². The summed E-state index contributed by atoms with van der Waals surface area (Å²) in [5.74, 6) is -9.49. The lowest BCUT2D eigenvalue weighted by molar-refractivity contribution is 0.298. The van der Waals surface area contributed by atoms with Crippen LogP contribution in [-0.4, -0.2) is 14.9 Å². The summed E-state index contributed by atoms with van der Waals surface area (Å²) in [5, 5.41) is -0.784. The zero-order chi connectivity index (χ0) is 21.9. The number of halogens is 5. The van der Waals surface area contributed by atoms with Crippen LogP contribution in [0.5, 0.6) is 0 Å². The predicted molar refractivity (Wildman–Crippen MR) is 110 cm³/mol. The molecule has 0 saturated carbocycles. The molecule has 0 amide bonds. The first-order valence-corrected chi connectivity index (χ1v) is 13.8. The predicted octanol–water partition coefficient (Wildman–Crippen LogP) is 7.51. The Morgan fingerprint density at radius 2 is 0.897 bits per heavy atom. The molecule has 29 heavy (non-hydrogen) atoms. The minimum atomic E-state index is -3.25. The van der Waals surface area contributed by atoms with Gasteiger partial charge in [0.25, 0.3) is 0 Å². The number of rotatable bonds is 15. The molecule has 0 fully saturated rings. The molecular weight excluding hydrogens is 403 g/mol. The highest BCUT2D eigenvalue weighted by molar-refractivity contribution is 6.84. The summed E-state index contributed by atoms with van der Waals surface area (Å²) in [5.41, 5.74) is 0. The Bertz CT molecular complexity index is 593. The molecule has 0 aliphatic heterocycles. The summed E-state index contributed by atoms with van der Waals surface area (Å²) in [6, 6.07) is 0. The van der Waals surface area contributed by atoms with E-state index >= 15 is 0 Å². The normalized spacial score (nSPS) is 12.0. The molecule has 0 N–H and O–H groups in total. The third kappa shape index (κ3) is 8.36. The maximum atomic E-state index is 14.0. The Kier molecular flexibility index (Phi) is 12.0. The van der Waals surface area contributed by atoms with Gasteiger partial charge >= 0.3 is 0 Å². The second kappa shape index (κ2) is 13.4. The summed E-state index contributed by atoms with van der Waals surface area (Å²) in [6.45, 7) is 5.38. The average molecular weight is 439 g/mol. The lowest BCUT2D eigenvalue weighted by atomic mass is 10.1. The smallest absolute Gasteiger partial charge is 0.224 e. The van der Waals surface area contributed by atoms with Gasteiger partial charge in [-0.1, -0.05) is 77.6 Å². The van der Waals surface area contributed by atoms with E-state index in [0.29, 0.717) is 6.42 Å². The first kappa shape index (κ1) is 26.1. The molecule has 168 valence electrons. The molecule has 0 saturated heterocycles. The fourth-order valence-corrected chi connectivity index (χ4v) is 5.55. The average Bonchev–Trinajstić information content (AvgIpc) is 2.68. The minimum absolute atomic E-state index is 0.260. The van der Waals surface area contributed by atoms with E-state index in [4.69, 9.17) is 4.43 Å². The van der Waals surface area contributed by atoms with Gasteiger partial charge in [-0.2, -0.15) is 0 Å². The van der Waals surface area contributed by atoms with Gasteiger partial charge < -0.3 is 4.43 Å². The summed E-state index contributed by atoms with van der Waals surface area (Å²) in [6.07, 6.45) is 14.2. The largest absolute Gasteiger partial charge is 0.413 e. The van der Waals surface area contributed by atoms with Gasteiger partial charge in [-0.25, -0.2) is 22.0 Å². The number of unbranched alkanes of at least 4 members (excludes halogenated alkanes) is 11. The van der Waals surface area contributed by atoms with Crippen LogP contribution in [0.15, 0.2) is 0 Å². The highest BCUT2D eigenvalue weighted by Crippen LogP contribution is 2.21. The molecule has 0 aromatic heterocycles. The van der Waals surface area contributed by atoms with Crippen LogP contribution < -0.4 is 5.19 Å². The van der Waals surface area contributed by atoms with Crippen molar-refractivity contribution >= 4 is 13.5 Å². The van der Waals surface area contributed by atoms with Crippen LogP contribution in [0, 0.1) is 29.1 Å². The Morgan fingerprint density at radius 1 is 0.552 bits per heavy atom. The van der Waals surface area contributed by atoms with E-state index in [1.165, 1.54) is 64.5 Å². The minimum Gasteiger partial charge on any atom is -0.413 e. The maximum Gasteiger partial charge on any atom is 0.224 e. The Hall–Kier alpha value is -0.953. The van der Waals surface area contributed by atoms with Gasteiger partial charge in [-0.15, -0.1) is 0 Å². The molecule has 0 radical (unpaired) electrons. The molecule has 0 spiro atoms. The molecule has 0 bridgehead atoms. The van der Waals surface area contributed by atoms with Crippen molar-refractivity contribution in [2.45, 2.75) is 97.1 Å². The van der Waals surface area contributed by atoms with Gasteiger partial charge in [-0.3, -0.25) is 0 Å². The molecule has 1 aromatic rings. The van der Waals surface area contributed by atoms with Crippen LogP contribution in [0.3, 0.4) is 0 Å². The van der Waals surface area contributed by atoms with Crippen molar-refractivity contribution in [3.05, 3.63) is 29.1 Å². The van der Waals surface area contributed by atoms with Gasteiger partial charge in [0.05, 0.1) is 0 Å². The summed E-state index contributed by atoms with van der Waals surface area (Å²) >= 11 is 0.